The second kappa shape index (κ2) is 6.66. The molecule has 6 nitrogen and oxygen atoms in total. The van der Waals surface area contributed by atoms with Crippen LogP contribution in [0.15, 0.2) is 83.7 Å². The van der Waals surface area contributed by atoms with Crippen LogP contribution in [0.3, 0.4) is 0 Å². The molecule has 0 aliphatic rings. The van der Waals surface area contributed by atoms with Gasteiger partial charge in [-0.05, 0) is 36.4 Å². The molecule has 0 N–H and O–H groups in total. The van der Waals surface area contributed by atoms with Crippen molar-refractivity contribution in [3.05, 3.63) is 90.6 Å². The zero-order valence-corrected chi connectivity index (χ0v) is 14.8. The highest BCUT2D eigenvalue weighted by atomic mass is 16.5. The number of fused-ring (bicyclic) bond motifs is 2. The van der Waals surface area contributed by atoms with E-state index < -0.39 is 5.97 Å². The lowest BCUT2D eigenvalue weighted by molar-refractivity contribution is 0.0470. The Hall–Kier alpha value is -3.93. The zero-order chi connectivity index (χ0) is 18.9. The van der Waals surface area contributed by atoms with E-state index in [1.807, 2.05) is 65.3 Å². The summed E-state index contributed by atoms with van der Waals surface area (Å²) >= 11 is 0. The van der Waals surface area contributed by atoms with E-state index in [0.717, 1.165) is 11.0 Å². The zero-order valence-electron chi connectivity index (χ0n) is 14.8. The van der Waals surface area contributed by atoms with Crippen molar-refractivity contribution >= 4 is 22.5 Å². The number of benzene rings is 1. The van der Waals surface area contributed by atoms with Crippen LogP contribution in [0.2, 0.25) is 0 Å². The third-order valence-corrected chi connectivity index (χ3v) is 4.47. The summed E-state index contributed by atoms with van der Waals surface area (Å²) in [6, 6.07) is 18.5. The average Bonchev–Trinajstić information content (AvgIpc) is 3.40. The SMILES string of the molecule is O=C(OCc1cn2ccccc2n1)c1cc(-c2ccco2)nc2ccccc12. The van der Waals surface area contributed by atoms with Crippen LogP contribution in [0, 0.1) is 0 Å². The number of aromatic nitrogens is 3. The molecule has 0 saturated heterocycles. The summed E-state index contributed by atoms with van der Waals surface area (Å²) in [5.74, 6) is 0.170. The Morgan fingerprint density at radius 3 is 2.79 bits per heavy atom. The van der Waals surface area contributed by atoms with Crippen molar-refractivity contribution in [1.82, 2.24) is 14.4 Å². The molecule has 0 atom stereocenters. The van der Waals surface area contributed by atoms with Crippen molar-refractivity contribution in [2.75, 3.05) is 0 Å². The Morgan fingerprint density at radius 1 is 1.04 bits per heavy atom. The third kappa shape index (κ3) is 2.91. The minimum atomic E-state index is -0.427. The molecule has 0 unspecified atom stereocenters. The second-order valence-electron chi connectivity index (χ2n) is 6.32. The summed E-state index contributed by atoms with van der Waals surface area (Å²) in [5, 5.41) is 0.734. The summed E-state index contributed by atoms with van der Waals surface area (Å²) in [7, 11) is 0. The molecule has 6 heteroatoms. The van der Waals surface area contributed by atoms with Gasteiger partial charge in [-0.1, -0.05) is 24.3 Å². The Labute approximate surface area is 160 Å². The summed E-state index contributed by atoms with van der Waals surface area (Å²) in [4.78, 5) is 21.9. The standard InChI is InChI=1S/C22H15N3O3/c26-22(28-14-15-13-25-10-4-3-9-21(25)23-15)17-12-19(20-8-5-11-27-20)24-18-7-2-1-6-16(17)18/h1-13H,14H2. The molecule has 0 bridgehead atoms. The molecule has 0 spiro atoms. The lowest BCUT2D eigenvalue weighted by atomic mass is 10.1. The fourth-order valence-corrected chi connectivity index (χ4v) is 3.17. The monoisotopic (exact) mass is 369 g/mol. The highest BCUT2D eigenvalue weighted by Crippen LogP contribution is 2.26. The van der Waals surface area contributed by atoms with Gasteiger partial charge in [-0.2, -0.15) is 0 Å². The van der Waals surface area contributed by atoms with Crippen LogP contribution in [-0.4, -0.2) is 20.3 Å². The Kier molecular flexibility index (Phi) is 3.87. The molecule has 1 aromatic carbocycles. The van der Waals surface area contributed by atoms with Crippen molar-refractivity contribution in [3.63, 3.8) is 0 Å². The number of imidazole rings is 1. The van der Waals surface area contributed by atoms with Crippen molar-refractivity contribution in [2.45, 2.75) is 6.61 Å². The molecule has 0 amide bonds. The fraction of sp³-hybridized carbons (Fsp3) is 0.0455. The van der Waals surface area contributed by atoms with Crippen LogP contribution in [0.4, 0.5) is 0 Å². The first-order valence-electron chi connectivity index (χ1n) is 8.81. The number of hydrogen-bond acceptors (Lipinski definition) is 5. The number of carbonyl (C=O) groups excluding carboxylic acids is 1. The predicted octanol–water partition coefficient (Wildman–Crippen LogP) is 4.50. The van der Waals surface area contributed by atoms with Gasteiger partial charge in [0.2, 0.25) is 0 Å². The fourth-order valence-electron chi connectivity index (χ4n) is 3.17. The van der Waals surface area contributed by atoms with E-state index in [4.69, 9.17) is 9.15 Å². The van der Waals surface area contributed by atoms with Crippen molar-refractivity contribution in [1.29, 1.82) is 0 Å². The Bertz CT molecular complexity index is 1260. The molecule has 0 aliphatic carbocycles. The number of furan rings is 1. The van der Waals surface area contributed by atoms with Crippen molar-refractivity contribution < 1.29 is 13.9 Å². The molecule has 4 aromatic heterocycles. The number of carbonyl (C=O) groups is 1. The maximum atomic E-state index is 12.9. The van der Waals surface area contributed by atoms with Gasteiger partial charge in [0.1, 0.15) is 17.9 Å². The molecule has 4 heterocycles. The summed E-state index contributed by atoms with van der Waals surface area (Å²) < 4.78 is 12.9. The van der Waals surface area contributed by atoms with Gasteiger partial charge >= 0.3 is 5.97 Å². The first-order valence-corrected chi connectivity index (χ1v) is 8.81. The lowest BCUT2D eigenvalue weighted by Gasteiger charge is -2.08. The minimum absolute atomic E-state index is 0.0905. The van der Waals surface area contributed by atoms with Crippen LogP contribution in [0.5, 0.6) is 0 Å². The van der Waals surface area contributed by atoms with Crippen LogP contribution >= 0.6 is 0 Å². The molecular weight excluding hydrogens is 354 g/mol. The number of nitrogens with zero attached hydrogens (tertiary/aromatic N) is 3. The highest BCUT2D eigenvalue weighted by Gasteiger charge is 2.16. The largest absolute Gasteiger partial charge is 0.463 e. The minimum Gasteiger partial charge on any atom is -0.463 e. The predicted molar refractivity (Wildman–Crippen MR) is 104 cm³/mol. The smallest absolute Gasteiger partial charge is 0.339 e. The van der Waals surface area contributed by atoms with Gasteiger partial charge in [0.15, 0.2) is 5.76 Å². The number of pyridine rings is 2. The topological polar surface area (TPSA) is 69.6 Å². The van der Waals surface area contributed by atoms with Gasteiger partial charge in [-0.15, -0.1) is 0 Å². The quantitative estimate of drug-likeness (QED) is 0.436. The van der Waals surface area contributed by atoms with Crippen LogP contribution in [0.1, 0.15) is 16.1 Å². The Morgan fingerprint density at radius 2 is 1.93 bits per heavy atom. The van der Waals surface area contributed by atoms with Gasteiger partial charge in [-0.25, -0.2) is 14.8 Å². The van der Waals surface area contributed by atoms with E-state index in [2.05, 4.69) is 9.97 Å². The highest BCUT2D eigenvalue weighted by molar-refractivity contribution is 6.04. The second-order valence-corrected chi connectivity index (χ2v) is 6.32. The number of rotatable bonds is 4. The van der Waals surface area contributed by atoms with Gasteiger partial charge in [0, 0.05) is 17.8 Å². The van der Waals surface area contributed by atoms with E-state index in [0.29, 0.717) is 28.2 Å². The summed E-state index contributed by atoms with van der Waals surface area (Å²) in [5.41, 5.74) is 3.23. The van der Waals surface area contributed by atoms with E-state index in [-0.39, 0.29) is 6.61 Å². The third-order valence-electron chi connectivity index (χ3n) is 4.47. The van der Waals surface area contributed by atoms with Gasteiger partial charge in [0.25, 0.3) is 0 Å². The van der Waals surface area contributed by atoms with E-state index in [1.165, 1.54) is 0 Å². The maximum absolute atomic E-state index is 12.9. The first-order chi connectivity index (χ1) is 13.8. The molecule has 5 aromatic rings. The van der Waals surface area contributed by atoms with Crippen LogP contribution < -0.4 is 0 Å². The van der Waals surface area contributed by atoms with Crippen molar-refractivity contribution in [3.8, 4) is 11.5 Å². The number of hydrogen-bond donors (Lipinski definition) is 0. The van der Waals surface area contributed by atoms with Gasteiger partial charge in [-0.3, -0.25) is 0 Å². The lowest BCUT2D eigenvalue weighted by Crippen LogP contribution is -2.07. The molecule has 136 valence electrons. The molecule has 0 saturated carbocycles. The number of ether oxygens (including phenoxy) is 1. The molecule has 28 heavy (non-hydrogen) atoms. The molecule has 0 fully saturated rings. The first kappa shape index (κ1) is 16.3. The van der Waals surface area contributed by atoms with Crippen LogP contribution in [0.25, 0.3) is 28.0 Å². The molecular formula is C22H15N3O3. The van der Waals surface area contributed by atoms with Gasteiger partial charge < -0.3 is 13.6 Å². The van der Waals surface area contributed by atoms with E-state index in [9.17, 15) is 4.79 Å². The van der Waals surface area contributed by atoms with Crippen molar-refractivity contribution in [2.24, 2.45) is 0 Å². The molecule has 5 rings (SSSR count). The Balaban J connectivity index is 1.48. The van der Waals surface area contributed by atoms with Crippen LogP contribution in [-0.2, 0) is 11.3 Å². The normalized spacial score (nSPS) is 11.1. The summed E-state index contributed by atoms with van der Waals surface area (Å²) in [6.07, 6.45) is 5.33. The van der Waals surface area contributed by atoms with Gasteiger partial charge in [0.05, 0.1) is 23.0 Å². The molecule has 0 aliphatic heterocycles. The van der Waals surface area contributed by atoms with E-state index in [1.54, 1.807) is 18.4 Å². The van der Waals surface area contributed by atoms with E-state index >= 15 is 0 Å². The summed E-state index contributed by atoms with van der Waals surface area (Å²) in [6.45, 7) is 0.0905. The number of esters is 1. The molecule has 0 radical (unpaired) electrons. The average molecular weight is 369 g/mol. The maximum Gasteiger partial charge on any atom is 0.339 e. The number of para-hydroxylation sites is 1.